The molecule has 3 nitrogen and oxygen atoms in total. The standard InChI is InChI=1S/C15H28N2O/c1-17(12-14-9-5-6-10-16-14)15(18)11-13-7-3-2-4-8-13/h13-14,16H,2-12H2,1H3. The van der Waals surface area contributed by atoms with Gasteiger partial charge in [0, 0.05) is 26.1 Å². The first-order valence-corrected chi connectivity index (χ1v) is 7.73. The Balaban J connectivity index is 1.69. The molecule has 1 N–H and O–H groups in total. The van der Waals surface area contributed by atoms with Crippen molar-refractivity contribution in [3.63, 3.8) is 0 Å². The number of hydrogen-bond donors (Lipinski definition) is 1. The fourth-order valence-corrected chi connectivity index (χ4v) is 3.31. The summed E-state index contributed by atoms with van der Waals surface area (Å²) in [5.41, 5.74) is 0. The number of carbonyl (C=O) groups excluding carboxylic acids is 1. The van der Waals surface area contributed by atoms with Crippen molar-refractivity contribution in [3.8, 4) is 0 Å². The number of amides is 1. The fraction of sp³-hybridized carbons (Fsp3) is 0.933. The molecular formula is C15H28N2O. The topological polar surface area (TPSA) is 32.3 Å². The minimum Gasteiger partial charge on any atom is -0.344 e. The minimum atomic E-state index is 0.356. The van der Waals surface area contributed by atoms with E-state index in [0.29, 0.717) is 17.9 Å². The second-order valence-corrected chi connectivity index (χ2v) is 6.13. The molecular weight excluding hydrogens is 224 g/mol. The highest BCUT2D eigenvalue weighted by molar-refractivity contribution is 5.76. The molecule has 0 aromatic carbocycles. The van der Waals surface area contributed by atoms with Crippen molar-refractivity contribution in [1.29, 1.82) is 0 Å². The first-order chi connectivity index (χ1) is 8.75. The maximum absolute atomic E-state index is 12.2. The van der Waals surface area contributed by atoms with Crippen LogP contribution in [0.15, 0.2) is 0 Å². The van der Waals surface area contributed by atoms with E-state index < -0.39 is 0 Å². The molecule has 0 radical (unpaired) electrons. The molecule has 1 saturated carbocycles. The largest absolute Gasteiger partial charge is 0.344 e. The van der Waals surface area contributed by atoms with Crippen LogP contribution in [0.1, 0.15) is 57.8 Å². The molecule has 2 aliphatic rings. The molecule has 0 bridgehead atoms. The molecule has 18 heavy (non-hydrogen) atoms. The lowest BCUT2D eigenvalue weighted by molar-refractivity contribution is -0.131. The number of likely N-dealkylation sites (N-methyl/N-ethyl adjacent to an activating group) is 1. The second-order valence-electron chi connectivity index (χ2n) is 6.13. The van der Waals surface area contributed by atoms with Crippen molar-refractivity contribution in [1.82, 2.24) is 10.2 Å². The number of nitrogens with zero attached hydrogens (tertiary/aromatic N) is 1. The fourth-order valence-electron chi connectivity index (χ4n) is 3.31. The Morgan fingerprint density at radius 3 is 2.50 bits per heavy atom. The van der Waals surface area contributed by atoms with Crippen LogP contribution in [0.3, 0.4) is 0 Å². The predicted octanol–water partition coefficient (Wildman–Crippen LogP) is 2.56. The van der Waals surface area contributed by atoms with E-state index in [0.717, 1.165) is 19.5 Å². The molecule has 1 heterocycles. The van der Waals surface area contributed by atoms with Gasteiger partial charge in [-0.2, -0.15) is 0 Å². The third-order valence-corrected chi connectivity index (χ3v) is 4.52. The van der Waals surface area contributed by atoms with Crippen molar-refractivity contribution < 1.29 is 4.79 Å². The Kier molecular flexibility index (Phi) is 5.48. The highest BCUT2D eigenvalue weighted by Crippen LogP contribution is 2.26. The summed E-state index contributed by atoms with van der Waals surface area (Å²) in [6.07, 6.45) is 11.1. The third kappa shape index (κ3) is 4.27. The van der Waals surface area contributed by atoms with Crippen LogP contribution in [-0.4, -0.2) is 37.0 Å². The van der Waals surface area contributed by atoms with E-state index in [4.69, 9.17) is 0 Å². The normalized spacial score (nSPS) is 25.9. The van der Waals surface area contributed by atoms with E-state index in [2.05, 4.69) is 5.32 Å². The molecule has 2 fully saturated rings. The summed E-state index contributed by atoms with van der Waals surface area (Å²) < 4.78 is 0. The Bertz CT molecular complexity index is 255. The number of piperidine rings is 1. The molecule has 1 aliphatic carbocycles. The smallest absolute Gasteiger partial charge is 0.222 e. The summed E-state index contributed by atoms with van der Waals surface area (Å²) in [6.45, 7) is 2.01. The zero-order chi connectivity index (χ0) is 12.8. The number of hydrogen-bond acceptors (Lipinski definition) is 2. The van der Waals surface area contributed by atoms with Crippen LogP contribution in [-0.2, 0) is 4.79 Å². The molecule has 1 amide bonds. The number of rotatable bonds is 4. The van der Waals surface area contributed by atoms with Gasteiger partial charge in [-0.25, -0.2) is 0 Å². The predicted molar refractivity (Wildman–Crippen MR) is 74.5 cm³/mol. The van der Waals surface area contributed by atoms with E-state index >= 15 is 0 Å². The lowest BCUT2D eigenvalue weighted by atomic mass is 9.86. The van der Waals surface area contributed by atoms with Crippen LogP contribution in [0.4, 0.5) is 0 Å². The molecule has 3 heteroatoms. The van der Waals surface area contributed by atoms with Crippen molar-refractivity contribution in [2.45, 2.75) is 63.8 Å². The van der Waals surface area contributed by atoms with Crippen LogP contribution >= 0.6 is 0 Å². The minimum absolute atomic E-state index is 0.356. The van der Waals surface area contributed by atoms with Crippen molar-refractivity contribution >= 4 is 5.91 Å². The van der Waals surface area contributed by atoms with Crippen molar-refractivity contribution in [2.24, 2.45) is 5.92 Å². The van der Waals surface area contributed by atoms with Gasteiger partial charge in [0.2, 0.25) is 5.91 Å². The molecule has 0 spiro atoms. The lowest BCUT2D eigenvalue weighted by Gasteiger charge is -2.29. The molecule has 1 unspecified atom stereocenters. The Morgan fingerprint density at radius 1 is 1.11 bits per heavy atom. The maximum Gasteiger partial charge on any atom is 0.222 e. The zero-order valence-corrected chi connectivity index (χ0v) is 11.8. The van der Waals surface area contributed by atoms with Crippen molar-refractivity contribution in [2.75, 3.05) is 20.1 Å². The maximum atomic E-state index is 12.2. The average Bonchev–Trinajstić information content (AvgIpc) is 2.41. The van der Waals surface area contributed by atoms with Gasteiger partial charge in [-0.05, 0) is 38.1 Å². The van der Waals surface area contributed by atoms with Gasteiger partial charge in [0.05, 0.1) is 0 Å². The van der Waals surface area contributed by atoms with E-state index in [9.17, 15) is 4.79 Å². The second kappa shape index (κ2) is 7.13. The van der Waals surface area contributed by atoms with Crippen LogP contribution in [0.25, 0.3) is 0 Å². The van der Waals surface area contributed by atoms with Gasteiger partial charge in [-0.3, -0.25) is 4.79 Å². The molecule has 0 aromatic heterocycles. The Labute approximate surface area is 111 Å². The molecule has 0 aromatic rings. The van der Waals surface area contributed by atoms with Gasteiger partial charge in [0.15, 0.2) is 0 Å². The average molecular weight is 252 g/mol. The summed E-state index contributed by atoms with van der Waals surface area (Å²) in [4.78, 5) is 14.1. The lowest BCUT2D eigenvalue weighted by Crippen LogP contribution is -2.44. The summed E-state index contributed by atoms with van der Waals surface area (Å²) >= 11 is 0. The van der Waals surface area contributed by atoms with Crippen LogP contribution in [0.5, 0.6) is 0 Å². The van der Waals surface area contributed by atoms with E-state index in [1.807, 2.05) is 11.9 Å². The summed E-state index contributed by atoms with van der Waals surface area (Å²) in [6, 6.07) is 0.527. The van der Waals surface area contributed by atoms with Crippen LogP contribution in [0, 0.1) is 5.92 Å². The van der Waals surface area contributed by atoms with Gasteiger partial charge >= 0.3 is 0 Å². The first kappa shape index (κ1) is 13.9. The van der Waals surface area contributed by atoms with Crippen molar-refractivity contribution in [3.05, 3.63) is 0 Å². The van der Waals surface area contributed by atoms with Gasteiger partial charge < -0.3 is 10.2 Å². The first-order valence-electron chi connectivity index (χ1n) is 7.73. The van der Waals surface area contributed by atoms with Crippen LogP contribution < -0.4 is 5.32 Å². The SMILES string of the molecule is CN(CC1CCCCN1)C(=O)CC1CCCCC1. The number of carbonyl (C=O) groups is 1. The number of nitrogens with one attached hydrogen (secondary N) is 1. The quantitative estimate of drug-likeness (QED) is 0.834. The highest BCUT2D eigenvalue weighted by atomic mass is 16.2. The summed E-state index contributed by atoms with van der Waals surface area (Å²) in [5.74, 6) is 1.02. The van der Waals surface area contributed by atoms with Crippen LogP contribution in [0.2, 0.25) is 0 Å². The van der Waals surface area contributed by atoms with E-state index in [-0.39, 0.29) is 0 Å². The van der Waals surface area contributed by atoms with Gasteiger partial charge in [0.25, 0.3) is 0 Å². The molecule has 1 aliphatic heterocycles. The van der Waals surface area contributed by atoms with E-state index in [1.54, 1.807) is 0 Å². The van der Waals surface area contributed by atoms with Gasteiger partial charge in [0.1, 0.15) is 0 Å². The highest BCUT2D eigenvalue weighted by Gasteiger charge is 2.21. The summed E-state index contributed by atoms with van der Waals surface area (Å²) in [7, 11) is 1.97. The van der Waals surface area contributed by atoms with Gasteiger partial charge in [-0.1, -0.05) is 25.7 Å². The Morgan fingerprint density at radius 2 is 1.83 bits per heavy atom. The zero-order valence-electron chi connectivity index (χ0n) is 11.8. The molecule has 1 saturated heterocycles. The molecule has 1 atom stereocenters. The van der Waals surface area contributed by atoms with E-state index in [1.165, 1.54) is 51.4 Å². The van der Waals surface area contributed by atoms with Gasteiger partial charge in [-0.15, -0.1) is 0 Å². The molecule has 2 rings (SSSR count). The summed E-state index contributed by atoms with van der Waals surface area (Å²) in [5, 5.41) is 3.51. The molecule has 104 valence electrons. The Hall–Kier alpha value is -0.570. The third-order valence-electron chi connectivity index (χ3n) is 4.52. The monoisotopic (exact) mass is 252 g/mol.